The van der Waals surface area contributed by atoms with Gasteiger partial charge in [-0.25, -0.2) is 4.79 Å². The van der Waals surface area contributed by atoms with E-state index < -0.39 is 6.23 Å². The van der Waals surface area contributed by atoms with Gasteiger partial charge in [-0.15, -0.1) is 11.8 Å². The highest BCUT2D eigenvalue weighted by atomic mass is 32.2. The van der Waals surface area contributed by atoms with Crippen molar-refractivity contribution >= 4 is 22.8 Å². The number of rotatable bonds is 3. The zero-order valence-electron chi connectivity index (χ0n) is 12.4. The number of aliphatic hydroxyl groups is 1. The third-order valence-corrected chi connectivity index (χ3v) is 5.48. The van der Waals surface area contributed by atoms with Crippen LogP contribution in [0.4, 0.5) is 0 Å². The van der Waals surface area contributed by atoms with E-state index in [0.717, 1.165) is 23.4 Å². The van der Waals surface area contributed by atoms with Crippen molar-refractivity contribution in [3.63, 3.8) is 0 Å². The van der Waals surface area contributed by atoms with Crippen molar-refractivity contribution in [3.8, 4) is 0 Å². The number of benzene rings is 1. The van der Waals surface area contributed by atoms with Gasteiger partial charge in [0.1, 0.15) is 0 Å². The zero-order chi connectivity index (χ0) is 15.6. The van der Waals surface area contributed by atoms with E-state index in [4.69, 9.17) is 9.47 Å². The number of hydrogen-bond donors (Lipinski definition) is 1. The Morgan fingerprint density at radius 3 is 2.59 bits per heavy atom. The van der Waals surface area contributed by atoms with Crippen LogP contribution in [0.25, 0.3) is 0 Å². The number of esters is 1. The summed E-state index contributed by atoms with van der Waals surface area (Å²) in [6, 6.07) is 7.50. The van der Waals surface area contributed by atoms with Gasteiger partial charge >= 0.3 is 5.97 Å². The zero-order valence-corrected chi connectivity index (χ0v) is 13.3. The first-order valence-electron chi connectivity index (χ1n) is 7.31. The molecular weight excluding hydrogens is 302 g/mol. The molecule has 0 bridgehead atoms. The molecule has 0 aromatic heterocycles. The maximum absolute atomic E-state index is 11.6. The van der Waals surface area contributed by atoms with Crippen LogP contribution in [-0.4, -0.2) is 48.4 Å². The number of methoxy groups -OCH3 is 1. The first-order chi connectivity index (χ1) is 10.7. The first kappa shape index (κ1) is 15.5. The molecule has 22 heavy (non-hydrogen) atoms. The second-order valence-corrected chi connectivity index (χ2v) is 6.50. The smallest absolute Gasteiger partial charge is 0.337 e. The molecule has 1 fully saturated rings. The van der Waals surface area contributed by atoms with Crippen molar-refractivity contribution in [2.24, 2.45) is 4.99 Å². The Morgan fingerprint density at radius 2 is 2.05 bits per heavy atom. The van der Waals surface area contributed by atoms with Crippen LogP contribution in [0.5, 0.6) is 0 Å². The summed E-state index contributed by atoms with van der Waals surface area (Å²) in [5.41, 5.74) is 1.44. The second-order valence-electron chi connectivity index (χ2n) is 5.49. The molecule has 1 saturated heterocycles. The topological polar surface area (TPSA) is 68.1 Å². The fourth-order valence-electron chi connectivity index (χ4n) is 3.01. The Balaban J connectivity index is 1.96. The van der Waals surface area contributed by atoms with Crippen molar-refractivity contribution in [1.82, 2.24) is 0 Å². The highest BCUT2D eigenvalue weighted by molar-refractivity contribution is 8.14. The van der Waals surface area contributed by atoms with Crippen LogP contribution in [-0.2, 0) is 14.9 Å². The Labute approximate surface area is 133 Å². The fraction of sp³-hybridized carbons (Fsp3) is 0.500. The molecule has 1 aromatic carbocycles. The van der Waals surface area contributed by atoms with Gasteiger partial charge in [0.05, 0.1) is 17.7 Å². The third kappa shape index (κ3) is 2.78. The number of ether oxygens (including phenoxy) is 2. The molecule has 3 rings (SSSR count). The van der Waals surface area contributed by atoms with Crippen LogP contribution < -0.4 is 0 Å². The van der Waals surface area contributed by atoms with Crippen molar-refractivity contribution < 1.29 is 19.4 Å². The molecule has 1 N–H and O–H groups in total. The Bertz CT molecular complexity index is 578. The van der Waals surface area contributed by atoms with Gasteiger partial charge in [0.2, 0.25) is 0 Å². The minimum absolute atomic E-state index is 0.213. The Kier molecular flexibility index (Phi) is 4.52. The van der Waals surface area contributed by atoms with Gasteiger partial charge in [0, 0.05) is 24.4 Å². The molecule has 1 aromatic rings. The van der Waals surface area contributed by atoms with E-state index in [1.807, 2.05) is 12.1 Å². The monoisotopic (exact) mass is 321 g/mol. The van der Waals surface area contributed by atoms with Gasteiger partial charge < -0.3 is 14.6 Å². The van der Waals surface area contributed by atoms with Crippen molar-refractivity contribution in [2.75, 3.05) is 26.1 Å². The molecule has 0 spiro atoms. The van der Waals surface area contributed by atoms with Crippen LogP contribution >= 0.6 is 11.8 Å². The van der Waals surface area contributed by atoms with Crippen LogP contribution in [0, 0.1) is 0 Å². The quantitative estimate of drug-likeness (QED) is 0.862. The molecule has 118 valence electrons. The first-order valence-corrected chi connectivity index (χ1v) is 8.30. The lowest BCUT2D eigenvalue weighted by Crippen LogP contribution is -2.39. The number of carbonyl (C=O) groups excluding carboxylic acids is 1. The largest absolute Gasteiger partial charge is 0.465 e. The number of nitrogens with zero attached hydrogens (tertiary/aromatic N) is 1. The number of hydrogen-bond acceptors (Lipinski definition) is 6. The summed E-state index contributed by atoms with van der Waals surface area (Å²) >= 11 is 1.62. The van der Waals surface area contributed by atoms with Gasteiger partial charge in [0.25, 0.3) is 0 Å². The second kappa shape index (κ2) is 6.40. The molecule has 1 atom stereocenters. The van der Waals surface area contributed by atoms with E-state index in [0.29, 0.717) is 24.5 Å². The van der Waals surface area contributed by atoms with E-state index in [-0.39, 0.29) is 11.4 Å². The highest BCUT2D eigenvalue weighted by Crippen LogP contribution is 2.42. The maximum atomic E-state index is 11.6. The summed E-state index contributed by atoms with van der Waals surface area (Å²) in [5.74, 6) is 0.272. The summed E-state index contributed by atoms with van der Waals surface area (Å²) in [6.45, 7) is 1.35. The molecular formula is C16H19NO4S. The van der Waals surface area contributed by atoms with E-state index in [2.05, 4.69) is 4.99 Å². The lowest BCUT2D eigenvalue weighted by molar-refractivity contribution is 0.0600. The summed E-state index contributed by atoms with van der Waals surface area (Å²) < 4.78 is 10.3. The maximum Gasteiger partial charge on any atom is 0.337 e. The van der Waals surface area contributed by atoms with Gasteiger partial charge in [-0.3, -0.25) is 4.99 Å². The molecule has 0 aliphatic carbocycles. The molecule has 0 radical (unpaired) electrons. The predicted octanol–water partition coefficient (Wildman–Crippen LogP) is 1.99. The summed E-state index contributed by atoms with van der Waals surface area (Å²) in [7, 11) is 1.38. The van der Waals surface area contributed by atoms with E-state index in [1.165, 1.54) is 7.11 Å². The molecule has 0 saturated carbocycles. The number of carbonyl (C=O) groups is 1. The molecule has 6 heteroatoms. The standard InChI is InChI=1S/C16H19NO4S/c1-20-14(19)11-2-4-12(5-3-11)16(6-8-21-9-7-16)15-17-13(18)10-22-15/h2-5,13,18H,6-10H2,1H3. The lowest BCUT2D eigenvalue weighted by atomic mass is 9.74. The van der Waals surface area contributed by atoms with Crippen molar-refractivity contribution in [1.29, 1.82) is 0 Å². The van der Waals surface area contributed by atoms with Crippen LogP contribution in [0.15, 0.2) is 29.3 Å². The third-order valence-electron chi connectivity index (χ3n) is 4.25. The summed E-state index contributed by atoms with van der Waals surface area (Å²) in [5, 5.41) is 10.7. The number of aliphatic imine (C=N–C) groups is 1. The molecule has 2 aliphatic rings. The van der Waals surface area contributed by atoms with Gasteiger partial charge in [-0.05, 0) is 30.5 Å². The van der Waals surface area contributed by atoms with E-state index >= 15 is 0 Å². The SMILES string of the molecule is COC(=O)c1ccc(C2(C3=NC(O)CS3)CCOCC2)cc1. The minimum atomic E-state index is -0.617. The lowest BCUT2D eigenvalue weighted by Gasteiger charge is -2.37. The van der Waals surface area contributed by atoms with Gasteiger partial charge in [-0.1, -0.05) is 12.1 Å². The Morgan fingerprint density at radius 1 is 1.36 bits per heavy atom. The molecule has 0 amide bonds. The number of thioether (sulfide) groups is 1. The Hall–Kier alpha value is -1.37. The van der Waals surface area contributed by atoms with Crippen molar-refractivity contribution in [3.05, 3.63) is 35.4 Å². The number of aliphatic hydroxyl groups excluding tert-OH is 1. The molecule has 1 unspecified atom stereocenters. The molecule has 5 nitrogen and oxygen atoms in total. The van der Waals surface area contributed by atoms with E-state index in [9.17, 15) is 9.90 Å². The fourth-order valence-corrected chi connectivity index (χ4v) is 4.19. The highest BCUT2D eigenvalue weighted by Gasteiger charge is 2.42. The minimum Gasteiger partial charge on any atom is -0.465 e. The van der Waals surface area contributed by atoms with Crippen LogP contribution in [0.3, 0.4) is 0 Å². The molecule has 2 heterocycles. The van der Waals surface area contributed by atoms with Gasteiger partial charge in [0.15, 0.2) is 6.23 Å². The summed E-state index contributed by atoms with van der Waals surface area (Å²) in [4.78, 5) is 16.0. The average molecular weight is 321 g/mol. The molecule has 2 aliphatic heterocycles. The summed E-state index contributed by atoms with van der Waals surface area (Å²) in [6.07, 6.45) is 1.06. The predicted molar refractivity (Wildman–Crippen MR) is 85.4 cm³/mol. The average Bonchev–Trinajstić information content (AvgIpc) is 3.02. The van der Waals surface area contributed by atoms with Crippen LogP contribution in [0.2, 0.25) is 0 Å². The normalized spacial score (nSPS) is 23.9. The van der Waals surface area contributed by atoms with Gasteiger partial charge in [-0.2, -0.15) is 0 Å². The van der Waals surface area contributed by atoms with Crippen LogP contribution in [0.1, 0.15) is 28.8 Å². The van der Waals surface area contributed by atoms with E-state index in [1.54, 1.807) is 23.9 Å². The van der Waals surface area contributed by atoms with Crippen molar-refractivity contribution in [2.45, 2.75) is 24.5 Å².